The number of fused-ring (bicyclic) bond motifs is 1. The van der Waals surface area contributed by atoms with E-state index in [9.17, 15) is 0 Å². The molecule has 0 N–H and O–H groups in total. The normalized spacial score (nSPS) is 11.2. The van der Waals surface area contributed by atoms with Crippen molar-refractivity contribution in [1.29, 1.82) is 0 Å². The lowest BCUT2D eigenvalue weighted by atomic mass is 10.1. The summed E-state index contributed by atoms with van der Waals surface area (Å²) in [7, 11) is 0. The predicted molar refractivity (Wildman–Crippen MR) is 104 cm³/mol. The minimum Gasteiger partial charge on any atom is -0.494 e. The Kier molecular flexibility index (Phi) is 9.16. The van der Waals surface area contributed by atoms with E-state index in [-0.39, 0.29) is 0 Å². The third-order valence-corrected chi connectivity index (χ3v) is 5.24. The summed E-state index contributed by atoms with van der Waals surface area (Å²) in [5.74, 6) is 1.02. The summed E-state index contributed by atoms with van der Waals surface area (Å²) in [5, 5.41) is 6.98. The molecule has 128 valence electrons. The van der Waals surface area contributed by atoms with Crippen molar-refractivity contribution in [3.63, 3.8) is 0 Å². The molecule has 2 rings (SSSR count). The van der Waals surface area contributed by atoms with Gasteiger partial charge in [-0.1, -0.05) is 71.1 Å². The first-order chi connectivity index (χ1) is 11.4. The number of rotatable bonds is 13. The fourth-order valence-electron chi connectivity index (χ4n) is 2.99. The lowest BCUT2D eigenvalue weighted by Crippen LogP contribution is -1.97. The molecule has 2 heteroatoms. The van der Waals surface area contributed by atoms with Gasteiger partial charge in [0.05, 0.1) is 6.61 Å². The molecular formula is C21H32OS. The molecule has 0 fully saturated rings. The third kappa shape index (κ3) is 7.39. The molecular weight excluding hydrogens is 300 g/mol. The Morgan fingerprint density at radius 1 is 0.739 bits per heavy atom. The Bertz CT molecular complexity index is 531. The number of hydrogen-bond donors (Lipinski definition) is 0. The van der Waals surface area contributed by atoms with Gasteiger partial charge in [-0.15, -0.1) is 0 Å². The summed E-state index contributed by atoms with van der Waals surface area (Å²) < 4.78 is 5.87. The van der Waals surface area contributed by atoms with Crippen molar-refractivity contribution < 1.29 is 4.74 Å². The van der Waals surface area contributed by atoms with Gasteiger partial charge in [0.25, 0.3) is 0 Å². The van der Waals surface area contributed by atoms with Crippen molar-refractivity contribution >= 4 is 22.1 Å². The van der Waals surface area contributed by atoms with E-state index in [2.05, 4.69) is 35.9 Å². The first-order valence-electron chi connectivity index (χ1n) is 9.49. The number of ether oxygens (including phenoxy) is 1. The van der Waals surface area contributed by atoms with E-state index in [1.807, 2.05) is 0 Å². The highest BCUT2D eigenvalue weighted by Crippen LogP contribution is 2.24. The van der Waals surface area contributed by atoms with E-state index in [0.29, 0.717) is 0 Å². The molecule has 0 aliphatic carbocycles. The fourth-order valence-corrected chi connectivity index (χ4v) is 3.77. The lowest BCUT2D eigenvalue weighted by Gasteiger charge is -2.06. The monoisotopic (exact) mass is 332 g/mol. The van der Waals surface area contributed by atoms with Crippen LogP contribution in [0.2, 0.25) is 0 Å². The summed E-state index contributed by atoms with van der Waals surface area (Å²) in [4.78, 5) is 0. The van der Waals surface area contributed by atoms with Crippen molar-refractivity contribution in [2.75, 3.05) is 6.61 Å². The Morgan fingerprint density at radius 3 is 2.04 bits per heavy atom. The van der Waals surface area contributed by atoms with E-state index >= 15 is 0 Å². The van der Waals surface area contributed by atoms with Gasteiger partial charge in [-0.05, 0) is 46.2 Å². The predicted octanol–water partition coefficient (Wildman–Crippen LogP) is 7.59. The highest BCUT2D eigenvalue weighted by atomic mass is 32.1. The van der Waals surface area contributed by atoms with Crippen LogP contribution in [0.25, 0.3) is 10.8 Å². The quantitative estimate of drug-likeness (QED) is 0.343. The molecule has 1 nitrogen and oxygen atoms in total. The van der Waals surface area contributed by atoms with E-state index in [1.54, 1.807) is 11.3 Å². The smallest absolute Gasteiger partial charge is 0.119 e. The molecule has 1 aromatic carbocycles. The van der Waals surface area contributed by atoms with Crippen LogP contribution >= 0.6 is 11.3 Å². The second-order valence-corrected chi connectivity index (χ2v) is 7.29. The first kappa shape index (κ1) is 18.3. The zero-order chi connectivity index (χ0) is 16.2. The molecule has 1 heterocycles. The van der Waals surface area contributed by atoms with Crippen LogP contribution in [-0.2, 0) is 0 Å². The maximum atomic E-state index is 5.87. The van der Waals surface area contributed by atoms with Crippen molar-refractivity contribution in [2.24, 2.45) is 0 Å². The second-order valence-electron chi connectivity index (χ2n) is 6.55. The van der Waals surface area contributed by atoms with Crippen LogP contribution in [0.4, 0.5) is 0 Å². The van der Waals surface area contributed by atoms with Gasteiger partial charge in [0.1, 0.15) is 5.75 Å². The van der Waals surface area contributed by atoms with Crippen molar-refractivity contribution in [1.82, 2.24) is 0 Å². The second kappa shape index (κ2) is 11.5. The Labute approximate surface area is 146 Å². The standard InChI is InChI=1S/C21H32OS/c1-2-3-4-5-6-7-8-9-10-11-12-15-22-21-14-13-19-17-23-18-20(19)16-21/h13-14,16-18H,2-12,15H2,1H3. The first-order valence-corrected chi connectivity index (χ1v) is 10.4. The summed E-state index contributed by atoms with van der Waals surface area (Å²) in [5.41, 5.74) is 0. The average Bonchev–Trinajstić information content (AvgIpc) is 3.03. The largest absolute Gasteiger partial charge is 0.494 e. The molecule has 0 saturated carbocycles. The number of benzene rings is 1. The number of thiophene rings is 1. The Morgan fingerprint density at radius 2 is 1.35 bits per heavy atom. The summed E-state index contributed by atoms with van der Waals surface area (Å²) in [6.45, 7) is 3.14. The zero-order valence-corrected chi connectivity index (χ0v) is 15.5. The summed E-state index contributed by atoms with van der Waals surface area (Å²) >= 11 is 1.75. The van der Waals surface area contributed by atoms with Gasteiger partial charge in [0.15, 0.2) is 0 Å². The van der Waals surface area contributed by atoms with E-state index < -0.39 is 0 Å². The molecule has 0 unspecified atom stereocenters. The molecule has 0 spiro atoms. The van der Waals surface area contributed by atoms with Gasteiger partial charge in [-0.2, -0.15) is 11.3 Å². The molecule has 0 saturated heterocycles. The van der Waals surface area contributed by atoms with Crippen molar-refractivity contribution in [2.45, 2.75) is 77.6 Å². The SMILES string of the molecule is CCCCCCCCCCCCCOc1ccc2cscc2c1. The van der Waals surface area contributed by atoms with Crippen molar-refractivity contribution in [3.05, 3.63) is 29.0 Å². The molecule has 1 aromatic heterocycles. The minimum atomic E-state index is 0.854. The van der Waals surface area contributed by atoms with Gasteiger partial charge in [0, 0.05) is 0 Å². The van der Waals surface area contributed by atoms with Gasteiger partial charge in [0.2, 0.25) is 0 Å². The minimum absolute atomic E-state index is 0.854. The van der Waals surface area contributed by atoms with Crippen LogP contribution in [0.15, 0.2) is 29.0 Å². The Hall–Kier alpha value is -1.02. The zero-order valence-electron chi connectivity index (χ0n) is 14.7. The van der Waals surface area contributed by atoms with E-state index in [0.717, 1.165) is 12.4 Å². The highest BCUT2D eigenvalue weighted by Gasteiger charge is 1.98. The van der Waals surface area contributed by atoms with Gasteiger partial charge in [-0.3, -0.25) is 0 Å². The number of unbranched alkanes of at least 4 members (excludes halogenated alkanes) is 10. The maximum Gasteiger partial charge on any atom is 0.119 e. The topological polar surface area (TPSA) is 9.23 Å². The van der Waals surface area contributed by atoms with Gasteiger partial charge < -0.3 is 4.74 Å². The molecule has 0 atom stereocenters. The molecule has 0 bridgehead atoms. The lowest BCUT2D eigenvalue weighted by molar-refractivity contribution is 0.304. The summed E-state index contributed by atoms with van der Waals surface area (Å²) in [6.07, 6.45) is 15.2. The summed E-state index contributed by atoms with van der Waals surface area (Å²) in [6, 6.07) is 6.40. The highest BCUT2D eigenvalue weighted by molar-refractivity contribution is 7.09. The molecule has 0 aliphatic heterocycles. The van der Waals surface area contributed by atoms with Gasteiger partial charge >= 0.3 is 0 Å². The number of hydrogen-bond acceptors (Lipinski definition) is 2. The van der Waals surface area contributed by atoms with E-state index in [1.165, 1.54) is 81.4 Å². The average molecular weight is 333 g/mol. The molecule has 0 radical (unpaired) electrons. The molecule has 0 amide bonds. The van der Waals surface area contributed by atoms with Crippen molar-refractivity contribution in [3.8, 4) is 5.75 Å². The third-order valence-electron chi connectivity index (χ3n) is 4.46. The molecule has 0 aliphatic rings. The van der Waals surface area contributed by atoms with Crippen LogP contribution in [0.5, 0.6) is 5.75 Å². The molecule has 2 aromatic rings. The van der Waals surface area contributed by atoms with Crippen LogP contribution in [-0.4, -0.2) is 6.61 Å². The molecule has 23 heavy (non-hydrogen) atoms. The van der Waals surface area contributed by atoms with Gasteiger partial charge in [-0.25, -0.2) is 0 Å². The Balaban J connectivity index is 1.42. The maximum absolute atomic E-state index is 5.87. The van der Waals surface area contributed by atoms with Crippen LogP contribution in [0.3, 0.4) is 0 Å². The van der Waals surface area contributed by atoms with Crippen LogP contribution in [0.1, 0.15) is 77.6 Å². The van der Waals surface area contributed by atoms with E-state index in [4.69, 9.17) is 4.74 Å². The van der Waals surface area contributed by atoms with Crippen LogP contribution in [0, 0.1) is 0 Å². The fraction of sp³-hybridized carbons (Fsp3) is 0.619. The van der Waals surface area contributed by atoms with Crippen LogP contribution < -0.4 is 4.74 Å².